The van der Waals surface area contributed by atoms with Crippen LogP contribution < -0.4 is 5.32 Å². The molecule has 104 valence electrons. The minimum absolute atomic E-state index is 0.0958. The summed E-state index contributed by atoms with van der Waals surface area (Å²) in [5, 5.41) is 21.5. The molecular formula is C11H11N5O3S. The fourth-order valence-electron chi connectivity index (χ4n) is 1.46. The topological polar surface area (TPSA) is 103 Å². The number of nitro groups is 1. The van der Waals surface area contributed by atoms with Gasteiger partial charge in [-0.1, -0.05) is 23.9 Å². The minimum atomic E-state index is -0.536. The summed E-state index contributed by atoms with van der Waals surface area (Å²) in [5.41, 5.74) is 0.0468. The Morgan fingerprint density at radius 1 is 1.50 bits per heavy atom. The first-order chi connectivity index (χ1) is 9.58. The van der Waals surface area contributed by atoms with E-state index in [1.807, 2.05) is 0 Å². The Kier molecular flexibility index (Phi) is 4.31. The smallest absolute Gasteiger partial charge is 0.292 e. The summed E-state index contributed by atoms with van der Waals surface area (Å²) >= 11 is 1.20. The third-order valence-corrected chi connectivity index (χ3v) is 3.41. The largest absolute Gasteiger partial charge is 0.320 e. The zero-order chi connectivity index (χ0) is 14.5. The SMILES string of the molecule is Cn1cnnc1SCC(=O)Nc1ccccc1[N+](=O)[O-]. The van der Waals surface area contributed by atoms with E-state index in [1.54, 1.807) is 23.7 Å². The van der Waals surface area contributed by atoms with E-state index in [0.29, 0.717) is 5.16 Å². The highest BCUT2D eigenvalue weighted by atomic mass is 32.2. The molecule has 1 N–H and O–H groups in total. The highest BCUT2D eigenvalue weighted by Gasteiger charge is 2.15. The molecule has 0 unspecified atom stereocenters. The number of nitrogens with one attached hydrogen (secondary N) is 1. The van der Waals surface area contributed by atoms with E-state index in [4.69, 9.17) is 0 Å². The van der Waals surface area contributed by atoms with Gasteiger partial charge in [-0.15, -0.1) is 10.2 Å². The second-order valence-electron chi connectivity index (χ2n) is 3.84. The van der Waals surface area contributed by atoms with Crippen molar-refractivity contribution in [3.8, 4) is 0 Å². The number of amides is 1. The van der Waals surface area contributed by atoms with E-state index < -0.39 is 4.92 Å². The van der Waals surface area contributed by atoms with Crippen LogP contribution in [-0.2, 0) is 11.8 Å². The van der Waals surface area contributed by atoms with Crippen molar-refractivity contribution in [1.29, 1.82) is 0 Å². The Morgan fingerprint density at radius 3 is 2.90 bits per heavy atom. The van der Waals surface area contributed by atoms with Gasteiger partial charge in [0, 0.05) is 13.1 Å². The molecular weight excluding hydrogens is 282 g/mol. The molecule has 0 aliphatic heterocycles. The summed E-state index contributed by atoms with van der Waals surface area (Å²) in [6.07, 6.45) is 1.53. The van der Waals surface area contributed by atoms with Crippen molar-refractivity contribution in [2.24, 2.45) is 7.05 Å². The van der Waals surface area contributed by atoms with Crippen LogP contribution in [0.3, 0.4) is 0 Å². The average Bonchev–Trinajstić information content (AvgIpc) is 2.82. The third-order valence-electron chi connectivity index (χ3n) is 2.38. The van der Waals surface area contributed by atoms with E-state index in [-0.39, 0.29) is 23.0 Å². The lowest BCUT2D eigenvalue weighted by Gasteiger charge is -2.05. The molecule has 0 saturated heterocycles. The lowest BCUT2D eigenvalue weighted by Crippen LogP contribution is -2.15. The third kappa shape index (κ3) is 3.32. The summed E-state index contributed by atoms with van der Waals surface area (Å²) in [4.78, 5) is 22.1. The van der Waals surface area contributed by atoms with Crippen LogP contribution in [0.25, 0.3) is 0 Å². The van der Waals surface area contributed by atoms with Crippen LogP contribution in [0.1, 0.15) is 0 Å². The number of hydrogen-bond donors (Lipinski definition) is 1. The van der Waals surface area contributed by atoms with E-state index in [1.165, 1.54) is 30.2 Å². The van der Waals surface area contributed by atoms with Gasteiger partial charge in [0.15, 0.2) is 5.16 Å². The number of thioether (sulfide) groups is 1. The highest BCUT2D eigenvalue weighted by molar-refractivity contribution is 7.99. The van der Waals surface area contributed by atoms with Gasteiger partial charge in [0.1, 0.15) is 12.0 Å². The predicted octanol–water partition coefficient (Wildman–Crippen LogP) is 1.45. The number of hydrogen-bond acceptors (Lipinski definition) is 6. The first-order valence-electron chi connectivity index (χ1n) is 5.58. The summed E-state index contributed by atoms with van der Waals surface area (Å²) in [7, 11) is 1.77. The fraction of sp³-hybridized carbons (Fsp3) is 0.182. The van der Waals surface area contributed by atoms with Crippen molar-refractivity contribution >= 4 is 29.0 Å². The number of benzene rings is 1. The Balaban J connectivity index is 1.98. The molecule has 1 heterocycles. The molecule has 1 aromatic heterocycles. The maximum atomic E-state index is 11.8. The number of carbonyl (C=O) groups excluding carboxylic acids is 1. The summed E-state index contributed by atoms with van der Waals surface area (Å²) < 4.78 is 1.68. The molecule has 0 saturated carbocycles. The predicted molar refractivity (Wildman–Crippen MR) is 73.5 cm³/mol. The molecule has 20 heavy (non-hydrogen) atoms. The molecule has 0 spiro atoms. The molecule has 1 amide bonds. The standard InChI is InChI=1S/C11H11N5O3S/c1-15-7-12-14-11(15)20-6-10(17)13-8-4-2-3-5-9(8)16(18)19/h2-5,7H,6H2,1H3,(H,13,17). The molecule has 0 fully saturated rings. The van der Waals surface area contributed by atoms with Gasteiger partial charge in [0.2, 0.25) is 5.91 Å². The first-order valence-corrected chi connectivity index (χ1v) is 6.56. The Labute approximate surface area is 118 Å². The number of nitrogens with zero attached hydrogens (tertiary/aromatic N) is 4. The molecule has 0 bridgehead atoms. The van der Waals surface area contributed by atoms with Crippen LogP contribution in [0.2, 0.25) is 0 Å². The van der Waals surface area contributed by atoms with Gasteiger partial charge < -0.3 is 9.88 Å². The van der Waals surface area contributed by atoms with Gasteiger partial charge in [-0.3, -0.25) is 14.9 Å². The Hall–Kier alpha value is -2.42. The average molecular weight is 293 g/mol. The minimum Gasteiger partial charge on any atom is -0.320 e. The van der Waals surface area contributed by atoms with Crippen molar-refractivity contribution in [3.63, 3.8) is 0 Å². The zero-order valence-corrected chi connectivity index (χ0v) is 11.3. The van der Waals surface area contributed by atoms with E-state index >= 15 is 0 Å². The van der Waals surface area contributed by atoms with Crippen LogP contribution in [-0.4, -0.2) is 31.3 Å². The number of aromatic nitrogens is 3. The lowest BCUT2D eigenvalue weighted by atomic mass is 10.2. The van der Waals surface area contributed by atoms with Gasteiger partial charge >= 0.3 is 0 Å². The Bertz CT molecular complexity index is 642. The monoisotopic (exact) mass is 293 g/mol. The highest BCUT2D eigenvalue weighted by Crippen LogP contribution is 2.23. The molecule has 1 aromatic carbocycles. The molecule has 9 heteroatoms. The Morgan fingerprint density at radius 2 is 2.25 bits per heavy atom. The van der Waals surface area contributed by atoms with Gasteiger partial charge in [-0.05, 0) is 6.07 Å². The summed E-state index contributed by atoms with van der Waals surface area (Å²) in [5.74, 6) is -0.245. The molecule has 2 rings (SSSR count). The van der Waals surface area contributed by atoms with Crippen molar-refractivity contribution < 1.29 is 9.72 Å². The van der Waals surface area contributed by atoms with E-state index in [9.17, 15) is 14.9 Å². The van der Waals surface area contributed by atoms with Gasteiger partial charge in [0.25, 0.3) is 5.69 Å². The van der Waals surface area contributed by atoms with Gasteiger partial charge in [-0.25, -0.2) is 0 Å². The molecule has 0 atom stereocenters. The number of nitro benzene ring substituents is 1. The second-order valence-corrected chi connectivity index (χ2v) is 4.78. The molecule has 0 aliphatic carbocycles. The van der Waals surface area contributed by atoms with Crippen LogP contribution in [0.5, 0.6) is 0 Å². The number of carbonyl (C=O) groups is 1. The zero-order valence-electron chi connectivity index (χ0n) is 10.5. The molecule has 8 nitrogen and oxygen atoms in total. The first kappa shape index (κ1) is 14.0. The maximum absolute atomic E-state index is 11.8. The number of rotatable bonds is 5. The second kappa shape index (κ2) is 6.15. The number of aryl methyl sites for hydroxylation is 1. The van der Waals surface area contributed by atoms with Crippen LogP contribution in [0, 0.1) is 10.1 Å². The number of anilines is 1. The van der Waals surface area contributed by atoms with Crippen molar-refractivity contribution in [2.45, 2.75) is 5.16 Å². The van der Waals surface area contributed by atoms with Gasteiger partial charge in [-0.2, -0.15) is 0 Å². The molecule has 2 aromatic rings. The maximum Gasteiger partial charge on any atom is 0.292 e. The molecule has 0 radical (unpaired) electrons. The lowest BCUT2D eigenvalue weighted by molar-refractivity contribution is -0.383. The van der Waals surface area contributed by atoms with Crippen molar-refractivity contribution in [3.05, 3.63) is 40.7 Å². The van der Waals surface area contributed by atoms with Crippen molar-refractivity contribution in [2.75, 3.05) is 11.1 Å². The molecule has 0 aliphatic rings. The number of para-hydroxylation sites is 2. The van der Waals surface area contributed by atoms with Crippen LogP contribution in [0.4, 0.5) is 11.4 Å². The van der Waals surface area contributed by atoms with Gasteiger partial charge in [0.05, 0.1) is 10.7 Å². The van der Waals surface area contributed by atoms with Crippen molar-refractivity contribution in [1.82, 2.24) is 14.8 Å². The normalized spacial score (nSPS) is 10.2. The summed E-state index contributed by atoms with van der Waals surface area (Å²) in [6.45, 7) is 0. The van der Waals surface area contributed by atoms with E-state index in [0.717, 1.165) is 0 Å². The fourth-order valence-corrected chi connectivity index (χ4v) is 2.15. The quantitative estimate of drug-likeness (QED) is 0.508. The van der Waals surface area contributed by atoms with Crippen LogP contribution >= 0.6 is 11.8 Å². The summed E-state index contributed by atoms with van der Waals surface area (Å²) in [6, 6.07) is 6.00. The van der Waals surface area contributed by atoms with Crippen LogP contribution in [0.15, 0.2) is 35.7 Å². The van der Waals surface area contributed by atoms with E-state index in [2.05, 4.69) is 15.5 Å².